The van der Waals surface area contributed by atoms with Gasteiger partial charge in [-0.2, -0.15) is 5.10 Å². The summed E-state index contributed by atoms with van der Waals surface area (Å²) in [5, 5.41) is 17.1. The molecular weight excluding hydrogens is 356 g/mol. The molecule has 1 heterocycles. The van der Waals surface area contributed by atoms with Crippen LogP contribution in [0.25, 0.3) is 0 Å². The number of hydrogen-bond acceptors (Lipinski definition) is 6. The van der Waals surface area contributed by atoms with Crippen molar-refractivity contribution in [1.82, 2.24) is 5.43 Å². The molecule has 0 spiro atoms. The lowest BCUT2D eigenvalue weighted by Gasteiger charge is -2.08. The molecule has 0 saturated heterocycles. The molecule has 0 aliphatic rings. The molecule has 0 unspecified atom stereocenters. The molecule has 1 aromatic carbocycles. The largest absolute Gasteiger partial charge is 0.326 e. The van der Waals surface area contributed by atoms with Crippen LogP contribution in [0.2, 0.25) is 0 Å². The summed E-state index contributed by atoms with van der Waals surface area (Å²) in [5.74, 6) is -0.673. The first kappa shape index (κ1) is 19.3. The van der Waals surface area contributed by atoms with Crippen molar-refractivity contribution >= 4 is 40.1 Å². The van der Waals surface area contributed by atoms with Gasteiger partial charge in [0.1, 0.15) is 0 Å². The van der Waals surface area contributed by atoms with E-state index in [1.165, 1.54) is 18.3 Å². The Morgan fingerprint density at radius 2 is 1.92 bits per heavy atom. The summed E-state index contributed by atoms with van der Waals surface area (Å²) < 4.78 is 0. The highest BCUT2D eigenvalue weighted by atomic mass is 32.1. The molecule has 9 heteroatoms. The van der Waals surface area contributed by atoms with Gasteiger partial charge in [0, 0.05) is 24.6 Å². The molecule has 0 aliphatic heterocycles. The normalized spacial score (nSPS) is 10.7. The highest BCUT2D eigenvalue weighted by Crippen LogP contribution is 2.22. The van der Waals surface area contributed by atoms with E-state index in [9.17, 15) is 19.7 Å². The van der Waals surface area contributed by atoms with Crippen molar-refractivity contribution in [2.75, 3.05) is 5.32 Å². The fourth-order valence-corrected chi connectivity index (χ4v) is 2.82. The summed E-state index contributed by atoms with van der Waals surface area (Å²) in [6, 6.07) is 8.60. The number of nitrogens with one attached hydrogen (secondary N) is 2. The smallest absolute Gasteiger partial charge is 0.324 e. The van der Waals surface area contributed by atoms with E-state index in [4.69, 9.17) is 0 Å². The zero-order chi connectivity index (χ0) is 19.1. The molecule has 2 rings (SSSR count). The Labute approximate surface area is 154 Å². The third-order valence-corrected chi connectivity index (χ3v) is 4.38. The van der Waals surface area contributed by atoms with Crippen molar-refractivity contribution in [3.05, 3.63) is 56.5 Å². The number of aryl methyl sites for hydroxylation is 2. The zero-order valence-electron chi connectivity index (χ0n) is 14.3. The van der Waals surface area contributed by atoms with Gasteiger partial charge in [0.25, 0.3) is 0 Å². The number of hydrogen-bond donors (Lipinski definition) is 2. The van der Waals surface area contributed by atoms with Crippen molar-refractivity contribution in [3.8, 4) is 0 Å². The minimum atomic E-state index is -0.491. The van der Waals surface area contributed by atoms with Crippen molar-refractivity contribution in [3.63, 3.8) is 0 Å². The Bertz CT molecular complexity index is 860. The third-order valence-electron chi connectivity index (χ3n) is 3.41. The SMILES string of the molecule is Cc1ccc(NC(=O)CCC(=O)N/N=C/c2ccc([N+](=O)[O-])s2)c(C)c1. The Hall–Kier alpha value is -3.07. The molecule has 136 valence electrons. The van der Waals surface area contributed by atoms with Gasteiger partial charge >= 0.3 is 5.00 Å². The number of rotatable bonds is 7. The minimum absolute atomic E-state index is 0.000784. The van der Waals surface area contributed by atoms with E-state index in [2.05, 4.69) is 15.8 Å². The van der Waals surface area contributed by atoms with Crippen LogP contribution in [0, 0.1) is 24.0 Å². The summed E-state index contributed by atoms with van der Waals surface area (Å²) in [6.45, 7) is 3.87. The molecule has 0 saturated carbocycles. The predicted molar refractivity (Wildman–Crippen MR) is 100 cm³/mol. The van der Waals surface area contributed by atoms with E-state index in [0.717, 1.165) is 28.2 Å². The molecule has 2 amide bonds. The highest BCUT2D eigenvalue weighted by molar-refractivity contribution is 7.16. The first-order valence-corrected chi connectivity index (χ1v) is 8.60. The quantitative estimate of drug-likeness (QED) is 0.440. The maximum atomic E-state index is 11.9. The van der Waals surface area contributed by atoms with E-state index >= 15 is 0 Å². The second-order valence-corrected chi connectivity index (χ2v) is 6.69. The van der Waals surface area contributed by atoms with E-state index in [1.54, 1.807) is 0 Å². The predicted octanol–water partition coefficient (Wildman–Crippen LogP) is 3.14. The second kappa shape index (κ2) is 8.86. The van der Waals surface area contributed by atoms with Crippen LogP contribution in [-0.2, 0) is 9.59 Å². The van der Waals surface area contributed by atoms with Crippen molar-refractivity contribution in [2.24, 2.45) is 5.10 Å². The Morgan fingerprint density at radius 3 is 2.58 bits per heavy atom. The average molecular weight is 374 g/mol. The van der Waals surface area contributed by atoms with Gasteiger partial charge in [0.15, 0.2) is 0 Å². The summed E-state index contributed by atoms with van der Waals surface area (Å²) in [7, 11) is 0. The number of nitro groups is 1. The standard InChI is InChI=1S/C17H18N4O4S/c1-11-3-5-14(12(2)9-11)19-15(22)6-7-16(23)20-18-10-13-4-8-17(26-13)21(24)25/h3-5,8-10H,6-7H2,1-2H3,(H,19,22)(H,20,23)/b18-10+. The molecular formula is C17H18N4O4S. The zero-order valence-corrected chi connectivity index (χ0v) is 15.1. The number of hydrazone groups is 1. The first-order chi connectivity index (χ1) is 12.3. The van der Waals surface area contributed by atoms with Gasteiger partial charge in [-0.05, 0) is 31.5 Å². The molecule has 2 N–H and O–H groups in total. The minimum Gasteiger partial charge on any atom is -0.326 e. The second-order valence-electron chi connectivity index (χ2n) is 5.59. The number of nitrogens with zero attached hydrogens (tertiary/aromatic N) is 2. The molecule has 1 aromatic heterocycles. The van der Waals surface area contributed by atoms with E-state index < -0.39 is 10.8 Å². The van der Waals surface area contributed by atoms with Gasteiger partial charge in [0.2, 0.25) is 11.8 Å². The van der Waals surface area contributed by atoms with Crippen LogP contribution in [0.15, 0.2) is 35.4 Å². The van der Waals surface area contributed by atoms with E-state index in [0.29, 0.717) is 4.88 Å². The summed E-state index contributed by atoms with van der Waals surface area (Å²) in [4.78, 5) is 34.3. The molecule has 0 radical (unpaired) electrons. The molecule has 0 fully saturated rings. The van der Waals surface area contributed by atoms with Crippen LogP contribution < -0.4 is 10.7 Å². The molecule has 26 heavy (non-hydrogen) atoms. The highest BCUT2D eigenvalue weighted by Gasteiger charge is 2.09. The monoisotopic (exact) mass is 374 g/mol. The summed E-state index contributed by atoms with van der Waals surface area (Å²) >= 11 is 0.951. The maximum absolute atomic E-state index is 11.9. The van der Waals surface area contributed by atoms with Gasteiger partial charge in [-0.15, -0.1) is 0 Å². The molecule has 8 nitrogen and oxygen atoms in total. The summed E-state index contributed by atoms with van der Waals surface area (Å²) in [5.41, 5.74) is 5.08. The Balaban J connectivity index is 1.76. The fourth-order valence-electron chi connectivity index (χ4n) is 2.13. The molecule has 2 aromatic rings. The number of benzene rings is 1. The lowest BCUT2D eigenvalue weighted by Crippen LogP contribution is -2.20. The number of carbonyl (C=O) groups is 2. The van der Waals surface area contributed by atoms with Crippen LogP contribution in [0.1, 0.15) is 28.8 Å². The number of carbonyl (C=O) groups excluding carboxylic acids is 2. The average Bonchev–Trinajstić information content (AvgIpc) is 3.05. The Morgan fingerprint density at radius 1 is 1.19 bits per heavy atom. The van der Waals surface area contributed by atoms with E-state index in [1.807, 2.05) is 32.0 Å². The van der Waals surface area contributed by atoms with Crippen LogP contribution in [0.4, 0.5) is 10.7 Å². The lowest BCUT2D eigenvalue weighted by atomic mass is 10.1. The third kappa shape index (κ3) is 5.78. The van der Waals surface area contributed by atoms with Crippen LogP contribution >= 0.6 is 11.3 Å². The van der Waals surface area contributed by atoms with Gasteiger partial charge in [0.05, 0.1) is 16.0 Å². The van der Waals surface area contributed by atoms with Crippen LogP contribution in [0.3, 0.4) is 0 Å². The van der Waals surface area contributed by atoms with Crippen molar-refractivity contribution in [2.45, 2.75) is 26.7 Å². The fraction of sp³-hybridized carbons (Fsp3) is 0.235. The number of anilines is 1. The molecule has 0 bridgehead atoms. The molecule has 0 aliphatic carbocycles. The number of thiophene rings is 1. The van der Waals surface area contributed by atoms with E-state index in [-0.39, 0.29) is 23.7 Å². The summed E-state index contributed by atoms with van der Waals surface area (Å²) in [6.07, 6.45) is 1.34. The van der Waals surface area contributed by atoms with Crippen LogP contribution in [0.5, 0.6) is 0 Å². The van der Waals surface area contributed by atoms with Crippen molar-refractivity contribution in [1.29, 1.82) is 0 Å². The Kier molecular flexibility index (Phi) is 6.56. The first-order valence-electron chi connectivity index (χ1n) is 7.78. The van der Waals surface area contributed by atoms with Crippen molar-refractivity contribution < 1.29 is 14.5 Å². The topological polar surface area (TPSA) is 114 Å². The van der Waals surface area contributed by atoms with Gasteiger partial charge in [-0.25, -0.2) is 5.43 Å². The van der Waals surface area contributed by atoms with Gasteiger partial charge < -0.3 is 5.32 Å². The number of amides is 2. The van der Waals surface area contributed by atoms with Gasteiger partial charge in [-0.3, -0.25) is 19.7 Å². The van der Waals surface area contributed by atoms with Crippen LogP contribution in [-0.4, -0.2) is 23.0 Å². The maximum Gasteiger partial charge on any atom is 0.324 e. The lowest BCUT2D eigenvalue weighted by molar-refractivity contribution is -0.380. The molecule has 0 atom stereocenters. The van der Waals surface area contributed by atoms with Gasteiger partial charge in [-0.1, -0.05) is 29.0 Å².